The van der Waals surface area contributed by atoms with E-state index in [0.29, 0.717) is 6.61 Å². The number of benzene rings is 1. The minimum absolute atomic E-state index is 0.0989. The van der Waals surface area contributed by atoms with Crippen LogP contribution >= 0.6 is 28.6 Å². The molecule has 1 heterocycles. The van der Waals surface area contributed by atoms with E-state index in [-0.39, 0.29) is 5.41 Å². The molecule has 0 N–H and O–H groups in total. The van der Waals surface area contributed by atoms with Gasteiger partial charge in [-0.05, 0) is 46.7 Å². The van der Waals surface area contributed by atoms with Gasteiger partial charge in [0.25, 0.3) is 0 Å². The lowest BCUT2D eigenvalue weighted by molar-refractivity contribution is 0.00256. The standard InChI is InChI=1S/C14H19BrO3S/c1-16-12-4-2-3-11(15)13(12)18-9-14(10-19)5-7-17-8-6-14/h2-4,19H,5-10H2,1H3. The summed E-state index contributed by atoms with van der Waals surface area (Å²) in [6.07, 6.45) is 1.98. The maximum atomic E-state index is 6.02. The molecule has 0 aromatic heterocycles. The zero-order chi connectivity index (χ0) is 13.7. The van der Waals surface area contributed by atoms with Gasteiger partial charge in [-0.1, -0.05) is 6.07 Å². The maximum absolute atomic E-state index is 6.02. The largest absolute Gasteiger partial charge is 0.493 e. The van der Waals surface area contributed by atoms with Gasteiger partial charge in [-0.3, -0.25) is 0 Å². The Labute approximate surface area is 128 Å². The Morgan fingerprint density at radius 3 is 2.74 bits per heavy atom. The SMILES string of the molecule is COc1cccc(Br)c1OCC1(CS)CCOCC1. The van der Waals surface area contributed by atoms with Gasteiger partial charge in [0.15, 0.2) is 11.5 Å². The molecule has 1 aromatic carbocycles. The van der Waals surface area contributed by atoms with Crippen LogP contribution in [0.2, 0.25) is 0 Å². The van der Waals surface area contributed by atoms with E-state index in [1.165, 1.54) is 0 Å². The van der Waals surface area contributed by atoms with E-state index in [1.54, 1.807) is 7.11 Å². The molecule has 5 heteroatoms. The molecular formula is C14H19BrO3S. The summed E-state index contributed by atoms with van der Waals surface area (Å²) < 4.78 is 17.7. The summed E-state index contributed by atoms with van der Waals surface area (Å²) in [5.74, 6) is 2.32. The molecule has 0 atom stereocenters. The third kappa shape index (κ3) is 3.58. The highest BCUT2D eigenvalue weighted by molar-refractivity contribution is 9.10. The molecule has 3 nitrogen and oxygen atoms in total. The lowest BCUT2D eigenvalue weighted by atomic mass is 9.83. The molecule has 0 radical (unpaired) electrons. The van der Waals surface area contributed by atoms with E-state index < -0.39 is 0 Å². The molecule has 106 valence electrons. The molecule has 1 aliphatic heterocycles. The average molecular weight is 347 g/mol. The topological polar surface area (TPSA) is 27.7 Å². The number of rotatable bonds is 5. The van der Waals surface area contributed by atoms with Crippen LogP contribution in [0.3, 0.4) is 0 Å². The number of thiol groups is 1. The Morgan fingerprint density at radius 2 is 2.11 bits per heavy atom. The molecule has 0 amide bonds. The van der Waals surface area contributed by atoms with Crippen molar-refractivity contribution < 1.29 is 14.2 Å². The van der Waals surface area contributed by atoms with Crippen LogP contribution in [0.25, 0.3) is 0 Å². The number of ether oxygens (including phenoxy) is 3. The summed E-state index contributed by atoms with van der Waals surface area (Å²) >= 11 is 8.00. The lowest BCUT2D eigenvalue weighted by Gasteiger charge is -2.35. The van der Waals surface area contributed by atoms with Gasteiger partial charge in [-0.2, -0.15) is 12.6 Å². The molecule has 1 saturated heterocycles. The number of para-hydroxylation sites is 1. The molecule has 1 aromatic rings. The van der Waals surface area contributed by atoms with Gasteiger partial charge in [0.1, 0.15) is 0 Å². The Hall–Kier alpha value is -0.390. The molecule has 19 heavy (non-hydrogen) atoms. The van der Waals surface area contributed by atoms with Crippen molar-refractivity contribution in [1.29, 1.82) is 0 Å². The van der Waals surface area contributed by atoms with Gasteiger partial charge in [0.05, 0.1) is 18.2 Å². The number of hydrogen-bond donors (Lipinski definition) is 1. The third-order valence-corrected chi connectivity index (χ3v) is 4.86. The predicted molar refractivity (Wildman–Crippen MR) is 82.5 cm³/mol. The highest BCUT2D eigenvalue weighted by Crippen LogP contribution is 2.38. The Morgan fingerprint density at radius 1 is 1.37 bits per heavy atom. The first-order chi connectivity index (χ1) is 9.21. The summed E-state index contributed by atoms with van der Waals surface area (Å²) in [6.45, 7) is 2.22. The van der Waals surface area contributed by atoms with Gasteiger partial charge in [-0.25, -0.2) is 0 Å². The fourth-order valence-corrected chi connectivity index (χ4v) is 3.04. The number of hydrogen-bond acceptors (Lipinski definition) is 4. The van der Waals surface area contributed by atoms with Crippen LogP contribution < -0.4 is 9.47 Å². The minimum atomic E-state index is 0.0989. The second-order valence-corrected chi connectivity index (χ2v) is 6.00. The zero-order valence-corrected chi connectivity index (χ0v) is 13.5. The highest BCUT2D eigenvalue weighted by atomic mass is 79.9. The van der Waals surface area contributed by atoms with Crippen molar-refractivity contribution in [2.75, 3.05) is 32.7 Å². The molecule has 0 bridgehead atoms. The van der Waals surface area contributed by atoms with E-state index in [1.807, 2.05) is 18.2 Å². The average Bonchev–Trinajstić information content (AvgIpc) is 2.46. The first-order valence-corrected chi connectivity index (χ1v) is 7.77. The summed E-state index contributed by atoms with van der Waals surface area (Å²) in [7, 11) is 1.65. The van der Waals surface area contributed by atoms with Gasteiger partial charge in [0.2, 0.25) is 0 Å². The van der Waals surface area contributed by atoms with E-state index in [0.717, 1.165) is 47.8 Å². The summed E-state index contributed by atoms with van der Waals surface area (Å²) in [6, 6.07) is 5.78. The van der Waals surface area contributed by atoms with Crippen molar-refractivity contribution in [3.63, 3.8) is 0 Å². The fraction of sp³-hybridized carbons (Fsp3) is 0.571. The lowest BCUT2D eigenvalue weighted by Crippen LogP contribution is -2.37. The van der Waals surface area contributed by atoms with E-state index in [4.69, 9.17) is 14.2 Å². The zero-order valence-electron chi connectivity index (χ0n) is 11.0. The van der Waals surface area contributed by atoms with Gasteiger partial charge < -0.3 is 14.2 Å². The highest BCUT2D eigenvalue weighted by Gasteiger charge is 2.32. The summed E-state index contributed by atoms with van der Waals surface area (Å²) in [5, 5.41) is 0. The van der Waals surface area contributed by atoms with E-state index in [2.05, 4.69) is 28.6 Å². The third-order valence-electron chi connectivity index (χ3n) is 3.56. The van der Waals surface area contributed by atoms with Crippen molar-refractivity contribution in [1.82, 2.24) is 0 Å². The van der Waals surface area contributed by atoms with E-state index >= 15 is 0 Å². The number of methoxy groups -OCH3 is 1. The monoisotopic (exact) mass is 346 g/mol. The van der Waals surface area contributed by atoms with Crippen molar-refractivity contribution in [2.24, 2.45) is 5.41 Å². The van der Waals surface area contributed by atoms with Crippen molar-refractivity contribution in [2.45, 2.75) is 12.8 Å². The van der Waals surface area contributed by atoms with Crippen LogP contribution in [0.5, 0.6) is 11.5 Å². The van der Waals surface area contributed by atoms with Crippen LogP contribution in [0.4, 0.5) is 0 Å². The molecule has 0 saturated carbocycles. The minimum Gasteiger partial charge on any atom is -0.493 e. The Bertz CT molecular complexity index is 419. The first kappa shape index (κ1) is 15.0. The molecule has 1 aliphatic rings. The number of halogens is 1. The van der Waals surface area contributed by atoms with Crippen molar-refractivity contribution >= 4 is 28.6 Å². The van der Waals surface area contributed by atoms with Crippen LogP contribution in [-0.2, 0) is 4.74 Å². The fourth-order valence-electron chi connectivity index (χ4n) is 2.17. The van der Waals surface area contributed by atoms with Crippen LogP contribution in [0.1, 0.15) is 12.8 Å². The maximum Gasteiger partial charge on any atom is 0.175 e. The molecular weight excluding hydrogens is 328 g/mol. The molecule has 2 rings (SSSR count). The van der Waals surface area contributed by atoms with Gasteiger partial charge in [0, 0.05) is 18.6 Å². The van der Waals surface area contributed by atoms with Crippen LogP contribution in [0, 0.1) is 5.41 Å². The van der Waals surface area contributed by atoms with Crippen LogP contribution in [0.15, 0.2) is 22.7 Å². The Balaban J connectivity index is 2.09. The molecule has 1 fully saturated rings. The van der Waals surface area contributed by atoms with Crippen molar-refractivity contribution in [3.8, 4) is 11.5 Å². The second-order valence-electron chi connectivity index (χ2n) is 4.83. The summed E-state index contributed by atoms with van der Waals surface area (Å²) in [5.41, 5.74) is 0.0989. The van der Waals surface area contributed by atoms with E-state index in [9.17, 15) is 0 Å². The summed E-state index contributed by atoms with van der Waals surface area (Å²) in [4.78, 5) is 0. The second kappa shape index (κ2) is 6.86. The molecule has 0 aliphatic carbocycles. The normalized spacial score (nSPS) is 18.1. The van der Waals surface area contributed by atoms with Crippen molar-refractivity contribution in [3.05, 3.63) is 22.7 Å². The predicted octanol–water partition coefficient (Wildman–Crippen LogP) is 3.56. The van der Waals surface area contributed by atoms with Gasteiger partial charge in [-0.15, -0.1) is 0 Å². The van der Waals surface area contributed by atoms with Gasteiger partial charge >= 0.3 is 0 Å². The molecule has 0 unspecified atom stereocenters. The van der Waals surface area contributed by atoms with Crippen LogP contribution in [-0.4, -0.2) is 32.7 Å². The quantitative estimate of drug-likeness (QED) is 0.826. The smallest absolute Gasteiger partial charge is 0.175 e. The Kier molecular flexibility index (Phi) is 5.42. The first-order valence-electron chi connectivity index (χ1n) is 6.35. The molecule has 0 spiro atoms.